The van der Waals surface area contributed by atoms with Crippen molar-refractivity contribution in [3.63, 3.8) is 0 Å². The van der Waals surface area contributed by atoms with Gasteiger partial charge in [-0.3, -0.25) is 9.69 Å². The molecule has 3 nitrogen and oxygen atoms in total. The van der Waals surface area contributed by atoms with Crippen LogP contribution >= 0.6 is 0 Å². The number of rotatable bonds is 5. The van der Waals surface area contributed by atoms with Crippen LogP contribution in [0.15, 0.2) is 24.3 Å². The Morgan fingerprint density at radius 3 is 2.63 bits per heavy atom. The summed E-state index contributed by atoms with van der Waals surface area (Å²) in [4.78, 5) is 14.7. The van der Waals surface area contributed by atoms with Crippen LogP contribution in [-0.4, -0.2) is 43.0 Å². The van der Waals surface area contributed by atoms with Crippen LogP contribution in [-0.2, 0) is 11.2 Å². The first kappa shape index (κ1) is 14.2. The van der Waals surface area contributed by atoms with Gasteiger partial charge >= 0.3 is 0 Å². The lowest BCUT2D eigenvalue weighted by atomic mass is 10.0. The molecule has 2 rings (SSSR count). The van der Waals surface area contributed by atoms with E-state index in [1.807, 2.05) is 31.2 Å². The molecule has 1 heterocycles. The summed E-state index contributed by atoms with van der Waals surface area (Å²) >= 11 is 0. The van der Waals surface area contributed by atoms with Gasteiger partial charge in [0.2, 0.25) is 0 Å². The SMILES string of the molecule is CCc1ccc(C(=O)C(C)N2CCC(OC)C2)cc1. The minimum atomic E-state index is -0.0624. The van der Waals surface area contributed by atoms with E-state index in [9.17, 15) is 4.79 Å². The van der Waals surface area contributed by atoms with Gasteiger partial charge in [-0.25, -0.2) is 0 Å². The van der Waals surface area contributed by atoms with Gasteiger partial charge in [0.25, 0.3) is 0 Å². The molecule has 0 amide bonds. The number of aryl methyl sites for hydroxylation is 1. The van der Waals surface area contributed by atoms with E-state index in [4.69, 9.17) is 4.74 Å². The van der Waals surface area contributed by atoms with Gasteiger partial charge in [-0.2, -0.15) is 0 Å². The molecule has 0 N–H and O–H groups in total. The van der Waals surface area contributed by atoms with Crippen molar-refractivity contribution in [3.05, 3.63) is 35.4 Å². The molecule has 0 spiro atoms. The van der Waals surface area contributed by atoms with Crippen LogP contribution in [0, 0.1) is 0 Å². The highest BCUT2D eigenvalue weighted by Gasteiger charge is 2.29. The topological polar surface area (TPSA) is 29.5 Å². The van der Waals surface area contributed by atoms with Crippen LogP contribution in [0.4, 0.5) is 0 Å². The van der Waals surface area contributed by atoms with Gasteiger partial charge in [0.05, 0.1) is 12.1 Å². The van der Waals surface area contributed by atoms with E-state index in [1.165, 1.54) is 5.56 Å². The smallest absolute Gasteiger partial charge is 0.179 e. The highest BCUT2D eigenvalue weighted by atomic mass is 16.5. The fourth-order valence-corrected chi connectivity index (χ4v) is 2.61. The Bertz CT molecular complexity index is 427. The Labute approximate surface area is 115 Å². The average Bonchev–Trinajstić information content (AvgIpc) is 2.94. The first-order valence-electron chi connectivity index (χ1n) is 7.05. The van der Waals surface area contributed by atoms with Crippen molar-refractivity contribution in [3.8, 4) is 0 Å². The molecule has 0 aromatic heterocycles. The van der Waals surface area contributed by atoms with Gasteiger partial charge in [0.15, 0.2) is 5.78 Å². The predicted octanol–water partition coefficient (Wildman–Crippen LogP) is 2.54. The molecule has 0 radical (unpaired) electrons. The van der Waals surface area contributed by atoms with E-state index in [0.717, 1.165) is 31.5 Å². The molecule has 1 aromatic carbocycles. The number of carbonyl (C=O) groups excluding carboxylic acids is 1. The van der Waals surface area contributed by atoms with Crippen LogP contribution in [0.2, 0.25) is 0 Å². The second-order valence-electron chi connectivity index (χ2n) is 5.23. The van der Waals surface area contributed by atoms with E-state index in [1.54, 1.807) is 7.11 Å². The highest BCUT2D eigenvalue weighted by molar-refractivity contribution is 5.99. The van der Waals surface area contributed by atoms with Crippen LogP contribution in [0.25, 0.3) is 0 Å². The van der Waals surface area contributed by atoms with Gasteiger partial charge in [0.1, 0.15) is 0 Å². The molecule has 1 saturated heterocycles. The lowest BCUT2D eigenvalue weighted by molar-refractivity contribution is 0.0801. The van der Waals surface area contributed by atoms with Crippen molar-refractivity contribution in [2.45, 2.75) is 38.8 Å². The second kappa shape index (κ2) is 6.31. The molecule has 1 aliphatic rings. The zero-order valence-corrected chi connectivity index (χ0v) is 12.1. The van der Waals surface area contributed by atoms with Crippen molar-refractivity contribution >= 4 is 5.78 Å². The Morgan fingerprint density at radius 2 is 2.11 bits per heavy atom. The van der Waals surface area contributed by atoms with E-state index < -0.39 is 0 Å². The molecule has 1 fully saturated rings. The number of Topliss-reactive ketones (excluding diaryl/α,β-unsaturated/α-hetero) is 1. The quantitative estimate of drug-likeness (QED) is 0.763. The van der Waals surface area contributed by atoms with E-state index in [-0.39, 0.29) is 17.9 Å². The summed E-state index contributed by atoms with van der Waals surface area (Å²) in [5.74, 6) is 0.208. The Kier molecular flexibility index (Phi) is 4.72. The minimum absolute atomic E-state index is 0.0624. The van der Waals surface area contributed by atoms with Crippen LogP contribution in [0.1, 0.15) is 36.2 Å². The predicted molar refractivity (Wildman–Crippen MR) is 76.6 cm³/mol. The molecule has 3 heteroatoms. The third kappa shape index (κ3) is 3.23. The largest absolute Gasteiger partial charge is 0.380 e. The maximum absolute atomic E-state index is 12.4. The summed E-state index contributed by atoms with van der Waals surface area (Å²) in [5.41, 5.74) is 2.08. The zero-order valence-electron chi connectivity index (χ0n) is 12.1. The molecule has 1 aliphatic heterocycles. The maximum Gasteiger partial charge on any atom is 0.179 e. The average molecular weight is 261 g/mol. The third-order valence-electron chi connectivity index (χ3n) is 4.08. The lowest BCUT2D eigenvalue weighted by Gasteiger charge is -2.23. The van der Waals surface area contributed by atoms with E-state index in [2.05, 4.69) is 11.8 Å². The molecule has 2 atom stereocenters. The van der Waals surface area contributed by atoms with Gasteiger partial charge in [-0.15, -0.1) is 0 Å². The zero-order chi connectivity index (χ0) is 13.8. The number of ether oxygens (including phenoxy) is 1. The van der Waals surface area contributed by atoms with Gasteiger partial charge in [0, 0.05) is 25.8 Å². The second-order valence-corrected chi connectivity index (χ2v) is 5.23. The van der Waals surface area contributed by atoms with Crippen molar-refractivity contribution < 1.29 is 9.53 Å². The third-order valence-corrected chi connectivity index (χ3v) is 4.08. The van der Waals surface area contributed by atoms with Crippen LogP contribution in [0.3, 0.4) is 0 Å². The number of benzene rings is 1. The van der Waals surface area contributed by atoms with E-state index in [0.29, 0.717) is 0 Å². The normalized spacial score (nSPS) is 21.5. The summed E-state index contributed by atoms with van der Waals surface area (Å²) in [7, 11) is 1.74. The van der Waals surface area contributed by atoms with Crippen molar-refractivity contribution in [1.29, 1.82) is 0 Å². The number of hydrogen-bond acceptors (Lipinski definition) is 3. The number of carbonyl (C=O) groups is 1. The number of likely N-dealkylation sites (tertiary alicyclic amines) is 1. The molecule has 0 bridgehead atoms. The van der Waals surface area contributed by atoms with Gasteiger partial charge < -0.3 is 4.74 Å². The Hall–Kier alpha value is -1.19. The molecule has 0 saturated carbocycles. The van der Waals surface area contributed by atoms with E-state index >= 15 is 0 Å². The number of ketones is 1. The molecule has 104 valence electrons. The standard InChI is InChI=1S/C16H23NO2/c1-4-13-5-7-14(8-6-13)16(18)12(2)17-10-9-15(11-17)19-3/h5-8,12,15H,4,9-11H2,1-3H3. The Morgan fingerprint density at radius 1 is 1.42 bits per heavy atom. The number of methoxy groups -OCH3 is 1. The Balaban J connectivity index is 2.02. The van der Waals surface area contributed by atoms with Crippen LogP contribution < -0.4 is 0 Å². The molecule has 19 heavy (non-hydrogen) atoms. The summed E-state index contributed by atoms with van der Waals surface area (Å²) in [5, 5.41) is 0. The summed E-state index contributed by atoms with van der Waals surface area (Å²) in [6.45, 7) is 5.91. The number of nitrogens with zero attached hydrogens (tertiary/aromatic N) is 1. The molecule has 2 unspecified atom stereocenters. The van der Waals surface area contributed by atoms with Gasteiger partial charge in [-0.05, 0) is 25.3 Å². The monoisotopic (exact) mass is 261 g/mol. The fraction of sp³-hybridized carbons (Fsp3) is 0.562. The first-order chi connectivity index (χ1) is 9.15. The first-order valence-corrected chi connectivity index (χ1v) is 7.05. The molecule has 1 aromatic rings. The fourth-order valence-electron chi connectivity index (χ4n) is 2.61. The number of hydrogen-bond donors (Lipinski definition) is 0. The van der Waals surface area contributed by atoms with Crippen molar-refractivity contribution in [1.82, 2.24) is 4.90 Å². The lowest BCUT2D eigenvalue weighted by Crippen LogP contribution is -2.38. The summed E-state index contributed by atoms with van der Waals surface area (Å²) in [6.07, 6.45) is 2.30. The molecule has 0 aliphatic carbocycles. The van der Waals surface area contributed by atoms with Crippen molar-refractivity contribution in [2.75, 3.05) is 20.2 Å². The van der Waals surface area contributed by atoms with Gasteiger partial charge in [-0.1, -0.05) is 31.2 Å². The maximum atomic E-state index is 12.4. The highest BCUT2D eigenvalue weighted by Crippen LogP contribution is 2.18. The van der Waals surface area contributed by atoms with Crippen molar-refractivity contribution in [2.24, 2.45) is 0 Å². The molecular weight excluding hydrogens is 238 g/mol. The minimum Gasteiger partial charge on any atom is -0.380 e. The van der Waals surface area contributed by atoms with Crippen LogP contribution in [0.5, 0.6) is 0 Å². The summed E-state index contributed by atoms with van der Waals surface area (Å²) in [6, 6.07) is 7.92. The molecular formula is C16H23NO2. The summed E-state index contributed by atoms with van der Waals surface area (Å²) < 4.78 is 5.35.